The Labute approximate surface area is 342 Å². The van der Waals surface area contributed by atoms with E-state index in [1.165, 1.54) is 109 Å². The molecule has 3 atom stereocenters. The van der Waals surface area contributed by atoms with Gasteiger partial charge in [0.15, 0.2) is 6.10 Å². The lowest BCUT2D eigenvalue weighted by molar-refractivity contribution is -0.161. The maximum atomic E-state index is 12.7. The van der Waals surface area contributed by atoms with Crippen molar-refractivity contribution >= 4 is 25.7 Å². The molecule has 0 heterocycles. The molecule has 3 unspecified atom stereocenters. The molecule has 0 spiro atoms. The van der Waals surface area contributed by atoms with Crippen LogP contribution in [0.5, 0.6) is 0 Å². The first-order valence-corrected chi connectivity index (χ1v) is 24.4. The van der Waals surface area contributed by atoms with Crippen molar-refractivity contribution in [2.24, 2.45) is 0 Å². The highest BCUT2D eigenvalue weighted by Crippen LogP contribution is 2.43. The van der Waals surface area contributed by atoms with Crippen LogP contribution < -0.4 is 0 Å². The van der Waals surface area contributed by atoms with Gasteiger partial charge >= 0.3 is 25.7 Å². The Balaban J connectivity index is 4.71. The fourth-order valence-electron chi connectivity index (χ4n) is 6.47. The number of phosphoric ester groups is 1. The average molecular weight is 821 g/mol. The predicted octanol–water partition coefficient (Wildman–Crippen LogP) is 12.0. The van der Waals surface area contributed by atoms with Crippen molar-refractivity contribution in [1.29, 1.82) is 0 Å². The quantitative estimate of drug-likeness (QED) is 0.0261. The number of unbranched alkanes of at least 4 members (excludes halogenated alkanes) is 26. The summed E-state index contributed by atoms with van der Waals surface area (Å²) in [6, 6.07) is 0. The lowest BCUT2D eigenvalue weighted by Gasteiger charge is -2.21. The van der Waals surface area contributed by atoms with Crippen molar-refractivity contribution in [3.05, 3.63) is 0 Å². The van der Waals surface area contributed by atoms with E-state index >= 15 is 0 Å². The molecule has 2 N–H and O–H groups in total. The zero-order valence-electron chi connectivity index (χ0n) is 36.1. The van der Waals surface area contributed by atoms with Crippen molar-refractivity contribution in [1.82, 2.24) is 0 Å². The monoisotopic (exact) mass is 821 g/mol. The first-order valence-electron chi connectivity index (χ1n) is 22.9. The van der Waals surface area contributed by atoms with Gasteiger partial charge in [0.25, 0.3) is 0 Å². The number of hydrogen-bond acceptors (Lipinski definition) is 10. The minimum atomic E-state index is -4.71. The summed E-state index contributed by atoms with van der Waals surface area (Å²) in [5.74, 6) is -1.45. The molecule has 0 aromatic rings. The molecule has 0 saturated heterocycles. The number of aliphatic hydroxyl groups excluding tert-OH is 1. The molecule has 332 valence electrons. The highest BCUT2D eigenvalue weighted by molar-refractivity contribution is 7.47. The highest BCUT2D eigenvalue weighted by Gasteiger charge is 2.28. The first-order chi connectivity index (χ1) is 27.2. The van der Waals surface area contributed by atoms with E-state index in [0.29, 0.717) is 19.3 Å². The molecule has 0 amide bonds. The van der Waals surface area contributed by atoms with Crippen molar-refractivity contribution in [2.75, 3.05) is 26.4 Å². The molecule has 0 aliphatic rings. The predicted molar refractivity (Wildman–Crippen MR) is 224 cm³/mol. The third-order valence-electron chi connectivity index (χ3n) is 10.0. The number of phosphoric acid groups is 1. The largest absolute Gasteiger partial charge is 0.472 e. The van der Waals surface area contributed by atoms with Crippen LogP contribution in [-0.2, 0) is 42.2 Å². The molecule has 11 nitrogen and oxygen atoms in total. The second-order valence-electron chi connectivity index (χ2n) is 15.6. The van der Waals surface area contributed by atoms with Crippen LogP contribution in [0.4, 0.5) is 0 Å². The third kappa shape index (κ3) is 38.0. The van der Waals surface area contributed by atoms with Gasteiger partial charge in [-0.3, -0.25) is 23.4 Å². The van der Waals surface area contributed by atoms with E-state index in [9.17, 15) is 28.9 Å². The van der Waals surface area contributed by atoms with E-state index in [2.05, 4.69) is 20.8 Å². The molecule has 12 heteroatoms. The van der Waals surface area contributed by atoms with E-state index in [1.54, 1.807) is 0 Å². The maximum Gasteiger partial charge on any atom is 0.472 e. The fraction of sp³-hybridized carbons (Fsp3) is 0.932. The standard InChI is InChI=1S/C44H85O11P/c1-4-7-10-13-16-19-20-23-24-27-30-33-42(46)51-37-41(55-44(48)35-32-29-26-22-18-15-12-9-6-3)39-53-56(49,50)52-38-40(36-45)54-43(47)34-31-28-25-21-17-14-11-8-5-2/h40-41,45H,4-39H2,1-3H3,(H,49,50). The molecule has 0 aliphatic heterocycles. The Hall–Kier alpha value is -1.52. The van der Waals surface area contributed by atoms with Crippen LogP contribution in [0.25, 0.3) is 0 Å². The van der Waals surface area contributed by atoms with E-state index in [4.69, 9.17) is 23.3 Å². The van der Waals surface area contributed by atoms with Gasteiger partial charge in [0, 0.05) is 19.3 Å². The molecule has 0 aromatic heterocycles. The van der Waals surface area contributed by atoms with Gasteiger partial charge in [0.05, 0.1) is 19.8 Å². The summed E-state index contributed by atoms with van der Waals surface area (Å²) < 4.78 is 39.0. The summed E-state index contributed by atoms with van der Waals surface area (Å²) in [4.78, 5) is 47.8. The van der Waals surface area contributed by atoms with Crippen LogP contribution in [0.2, 0.25) is 0 Å². The second kappa shape index (κ2) is 40.3. The van der Waals surface area contributed by atoms with Crippen LogP contribution in [0.1, 0.15) is 226 Å². The molecular weight excluding hydrogens is 735 g/mol. The summed E-state index contributed by atoms with van der Waals surface area (Å²) in [6.45, 7) is 4.58. The van der Waals surface area contributed by atoms with Crippen molar-refractivity contribution in [2.45, 2.75) is 238 Å². The minimum absolute atomic E-state index is 0.175. The highest BCUT2D eigenvalue weighted by atomic mass is 31.2. The molecule has 56 heavy (non-hydrogen) atoms. The lowest BCUT2D eigenvalue weighted by atomic mass is 10.1. The molecule has 0 fully saturated rings. The van der Waals surface area contributed by atoms with Gasteiger partial charge in [-0.2, -0.15) is 0 Å². The van der Waals surface area contributed by atoms with Crippen LogP contribution in [0, 0.1) is 0 Å². The summed E-state index contributed by atoms with van der Waals surface area (Å²) in [5, 5.41) is 9.69. The smallest absolute Gasteiger partial charge is 0.462 e. The van der Waals surface area contributed by atoms with Crippen LogP contribution in [0.15, 0.2) is 0 Å². The van der Waals surface area contributed by atoms with Crippen molar-refractivity contribution in [3.63, 3.8) is 0 Å². The molecule has 0 aromatic carbocycles. The molecule has 0 bridgehead atoms. The SMILES string of the molecule is CCCCCCCCCCCCCC(=O)OCC(COP(=O)(O)OCC(CO)OC(=O)CCCCCCCCCCC)OC(=O)CCCCCCCCCCC. The minimum Gasteiger partial charge on any atom is -0.462 e. The normalized spacial score (nSPS) is 13.6. The lowest BCUT2D eigenvalue weighted by Crippen LogP contribution is -2.30. The topological polar surface area (TPSA) is 155 Å². The Kier molecular flexibility index (Phi) is 39.2. The number of ether oxygens (including phenoxy) is 3. The van der Waals surface area contributed by atoms with Crippen LogP contribution in [-0.4, -0.2) is 66.5 Å². The van der Waals surface area contributed by atoms with Gasteiger partial charge < -0.3 is 24.2 Å². The summed E-state index contributed by atoms with van der Waals surface area (Å²) in [7, 11) is -4.71. The summed E-state index contributed by atoms with van der Waals surface area (Å²) >= 11 is 0. The zero-order valence-corrected chi connectivity index (χ0v) is 37.0. The molecule has 0 aliphatic carbocycles. The number of rotatable bonds is 43. The van der Waals surface area contributed by atoms with Gasteiger partial charge in [-0.05, 0) is 19.3 Å². The average Bonchev–Trinajstić information content (AvgIpc) is 3.18. The number of carbonyl (C=O) groups is 3. The third-order valence-corrected chi connectivity index (χ3v) is 11.0. The number of aliphatic hydroxyl groups is 1. The van der Waals surface area contributed by atoms with Gasteiger partial charge in [-0.15, -0.1) is 0 Å². The van der Waals surface area contributed by atoms with Crippen molar-refractivity contribution < 1.29 is 52.2 Å². The van der Waals surface area contributed by atoms with Gasteiger partial charge in [0.2, 0.25) is 0 Å². The molecule has 0 saturated carbocycles. The Bertz CT molecular complexity index is 963. The Morgan fingerprint density at radius 1 is 0.429 bits per heavy atom. The van der Waals surface area contributed by atoms with E-state index in [1.807, 2.05) is 0 Å². The maximum absolute atomic E-state index is 12.7. The first kappa shape index (κ1) is 54.5. The Morgan fingerprint density at radius 2 is 0.714 bits per heavy atom. The van der Waals surface area contributed by atoms with Crippen LogP contribution in [0.3, 0.4) is 0 Å². The van der Waals surface area contributed by atoms with Crippen LogP contribution >= 0.6 is 7.82 Å². The zero-order chi connectivity index (χ0) is 41.4. The molecule has 0 radical (unpaired) electrons. The Morgan fingerprint density at radius 3 is 1.05 bits per heavy atom. The van der Waals surface area contributed by atoms with E-state index in [-0.39, 0.29) is 25.9 Å². The molecular formula is C44H85O11P. The summed E-state index contributed by atoms with van der Waals surface area (Å²) in [5.41, 5.74) is 0. The summed E-state index contributed by atoms with van der Waals surface area (Å²) in [6.07, 6.45) is 31.0. The number of esters is 3. The molecule has 0 rings (SSSR count). The van der Waals surface area contributed by atoms with Gasteiger partial charge in [0.1, 0.15) is 12.7 Å². The van der Waals surface area contributed by atoms with E-state index < -0.39 is 57.8 Å². The van der Waals surface area contributed by atoms with E-state index in [0.717, 1.165) is 57.8 Å². The van der Waals surface area contributed by atoms with Gasteiger partial charge in [-0.25, -0.2) is 4.57 Å². The van der Waals surface area contributed by atoms with Gasteiger partial charge in [-0.1, -0.05) is 188 Å². The van der Waals surface area contributed by atoms with Crippen molar-refractivity contribution in [3.8, 4) is 0 Å². The number of hydrogen-bond donors (Lipinski definition) is 2. The fourth-order valence-corrected chi connectivity index (χ4v) is 7.26. The number of carbonyl (C=O) groups excluding carboxylic acids is 3. The second-order valence-corrected chi connectivity index (χ2v) is 17.0.